The summed E-state index contributed by atoms with van der Waals surface area (Å²) in [5.74, 6) is -0.855. The molecule has 0 radical (unpaired) electrons. The molecule has 1 aromatic carbocycles. The number of esters is 1. The van der Waals surface area contributed by atoms with Crippen molar-refractivity contribution in [1.82, 2.24) is 0 Å². The largest absolute Gasteiger partial charge is 0.421 e. The highest BCUT2D eigenvalue weighted by molar-refractivity contribution is 6.06. The number of fused-ring (bicyclic) bond motifs is 1. The Balaban J connectivity index is 2.04. The normalized spacial score (nSPS) is 18.5. The van der Waals surface area contributed by atoms with E-state index < -0.39 is 5.79 Å². The van der Waals surface area contributed by atoms with Crippen LogP contribution in [0.15, 0.2) is 48.0 Å². The summed E-state index contributed by atoms with van der Waals surface area (Å²) < 4.78 is 12.3. The van der Waals surface area contributed by atoms with Crippen LogP contribution in [0.25, 0.3) is 16.7 Å². The van der Waals surface area contributed by atoms with Gasteiger partial charge in [0.25, 0.3) is 5.79 Å². The second-order valence-corrected chi connectivity index (χ2v) is 10.3. The molecular weight excluding hydrogens is 420 g/mol. The molecule has 1 heterocycles. The maximum absolute atomic E-state index is 13.1. The second-order valence-electron chi connectivity index (χ2n) is 10.3. The molecule has 3 nitrogen and oxygen atoms in total. The molecule has 2 aliphatic carbocycles. The zero-order chi connectivity index (χ0) is 24.9. The van der Waals surface area contributed by atoms with E-state index in [1.54, 1.807) is 7.11 Å². The van der Waals surface area contributed by atoms with Crippen molar-refractivity contribution in [3.63, 3.8) is 0 Å². The van der Waals surface area contributed by atoms with Crippen molar-refractivity contribution in [1.29, 1.82) is 0 Å². The number of aryl methyl sites for hydroxylation is 3. The summed E-state index contributed by atoms with van der Waals surface area (Å²) in [5.41, 5.74) is 11.5. The summed E-state index contributed by atoms with van der Waals surface area (Å²) in [6.07, 6.45) is 0. The standard InChI is InChI=1S/C31H36O3/c1-17(2)23-13-11-20(6)28-25(15-23)21(7)14-26(28)29-22(8)30(32)34-31(29,33-9)27-16-24(18(3)4)12-10-19(27)5/h10-18H,1-9H3. The van der Waals surface area contributed by atoms with Gasteiger partial charge in [0.15, 0.2) is 0 Å². The fraction of sp³-hybridized carbons (Fsp3) is 0.387. The molecule has 0 N–H and O–H groups in total. The van der Waals surface area contributed by atoms with Crippen molar-refractivity contribution in [2.45, 2.75) is 73.0 Å². The van der Waals surface area contributed by atoms with E-state index in [1.165, 1.54) is 27.8 Å². The summed E-state index contributed by atoms with van der Waals surface area (Å²) >= 11 is 0. The van der Waals surface area contributed by atoms with Crippen molar-refractivity contribution >= 4 is 11.5 Å². The first-order chi connectivity index (χ1) is 16.0. The Labute approximate surface area is 204 Å². The van der Waals surface area contributed by atoms with Crippen molar-refractivity contribution in [3.05, 3.63) is 87.0 Å². The van der Waals surface area contributed by atoms with E-state index in [4.69, 9.17) is 9.47 Å². The van der Waals surface area contributed by atoms with Crippen LogP contribution in [0, 0.1) is 20.8 Å². The summed E-state index contributed by atoms with van der Waals surface area (Å²) in [6, 6.07) is 15.2. The van der Waals surface area contributed by atoms with Gasteiger partial charge in [-0.05, 0) is 90.1 Å². The van der Waals surface area contributed by atoms with E-state index in [0.29, 0.717) is 17.4 Å². The Hall–Kier alpha value is -2.91. The molecule has 3 aliphatic rings. The fourth-order valence-electron chi connectivity index (χ4n) is 5.18. The van der Waals surface area contributed by atoms with Gasteiger partial charge >= 0.3 is 5.97 Å². The number of cyclic esters (lactones) is 1. The molecule has 0 saturated heterocycles. The molecule has 0 spiro atoms. The molecule has 178 valence electrons. The van der Waals surface area contributed by atoms with Crippen LogP contribution in [0.2, 0.25) is 0 Å². The van der Waals surface area contributed by atoms with Gasteiger partial charge in [-0.15, -0.1) is 0 Å². The van der Waals surface area contributed by atoms with Gasteiger partial charge in [0.1, 0.15) is 0 Å². The number of hydrogen-bond acceptors (Lipinski definition) is 3. The third-order valence-electron chi connectivity index (χ3n) is 7.31. The van der Waals surface area contributed by atoms with Gasteiger partial charge in [-0.1, -0.05) is 64.1 Å². The van der Waals surface area contributed by atoms with E-state index in [1.807, 2.05) is 13.8 Å². The van der Waals surface area contributed by atoms with Gasteiger partial charge < -0.3 is 9.47 Å². The number of hydrogen-bond donors (Lipinski definition) is 0. The summed E-state index contributed by atoms with van der Waals surface area (Å²) in [7, 11) is 1.63. The topological polar surface area (TPSA) is 35.5 Å². The van der Waals surface area contributed by atoms with E-state index >= 15 is 0 Å². The first-order valence-electron chi connectivity index (χ1n) is 12.2. The SMILES string of the molecule is COC1(c2cc(C(C)C)ccc2C)OC(=O)C(C)=C1c1cc(C)c2cc(C(C)C)ccc(C)c1-2. The minimum atomic E-state index is -1.29. The number of carbonyl (C=O) groups is 1. The molecule has 0 amide bonds. The predicted molar refractivity (Wildman–Crippen MR) is 139 cm³/mol. The van der Waals surface area contributed by atoms with E-state index in [-0.39, 0.29) is 5.97 Å². The highest BCUT2D eigenvalue weighted by atomic mass is 16.7. The average molecular weight is 457 g/mol. The lowest BCUT2D eigenvalue weighted by Gasteiger charge is -2.32. The van der Waals surface area contributed by atoms with Gasteiger partial charge in [0.05, 0.1) is 0 Å². The van der Waals surface area contributed by atoms with E-state index in [0.717, 1.165) is 27.8 Å². The van der Waals surface area contributed by atoms with Crippen molar-refractivity contribution in [3.8, 4) is 11.1 Å². The lowest BCUT2D eigenvalue weighted by molar-refractivity contribution is -0.189. The summed E-state index contributed by atoms with van der Waals surface area (Å²) in [6.45, 7) is 16.9. The predicted octanol–water partition coefficient (Wildman–Crippen LogP) is 7.79. The van der Waals surface area contributed by atoms with Gasteiger partial charge in [0.2, 0.25) is 0 Å². The lowest BCUT2D eigenvalue weighted by atomic mass is 9.84. The number of rotatable bonds is 5. The third kappa shape index (κ3) is 3.67. The molecule has 4 rings (SSSR count). The van der Waals surface area contributed by atoms with Crippen LogP contribution in [-0.4, -0.2) is 13.1 Å². The van der Waals surface area contributed by atoms with Crippen LogP contribution in [0.1, 0.15) is 85.4 Å². The number of methoxy groups -OCH3 is 1. The van der Waals surface area contributed by atoms with Gasteiger partial charge in [-0.3, -0.25) is 0 Å². The molecule has 1 aromatic rings. The van der Waals surface area contributed by atoms with Crippen LogP contribution in [0.5, 0.6) is 0 Å². The van der Waals surface area contributed by atoms with Crippen LogP contribution >= 0.6 is 0 Å². The van der Waals surface area contributed by atoms with Crippen LogP contribution < -0.4 is 0 Å². The van der Waals surface area contributed by atoms with Crippen LogP contribution in [0.3, 0.4) is 0 Å². The molecule has 1 aliphatic heterocycles. The number of ether oxygens (including phenoxy) is 2. The lowest BCUT2D eigenvalue weighted by Crippen LogP contribution is -2.32. The highest BCUT2D eigenvalue weighted by Gasteiger charge is 2.51. The Bertz CT molecular complexity index is 1280. The molecule has 1 atom stereocenters. The van der Waals surface area contributed by atoms with Crippen molar-refractivity contribution < 1.29 is 14.3 Å². The summed E-state index contributed by atoms with van der Waals surface area (Å²) in [4.78, 5) is 13.1. The van der Waals surface area contributed by atoms with E-state index in [2.05, 4.69) is 84.0 Å². The third-order valence-corrected chi connectivity index (χ3v) is 7.31. The summed E-state index contributed by atoms with van der Waals surface area (Å²) in [5, 5.41) is 0. The van der Waals surface area contributed by atoms with Gasteiger partial charge in [0, 0.05) is 23.8 Å². The van der Waals surface area contributed by atoms with Gasteiger partial charge in [-0.25, -0.2) is 4.79 Å². The Kier molecular flexibility index (Phi) is 6.20. The van der Waals surface area contributed by atoms with Crippen LogP contribution in [0.4, 0.5) is 0 Å². The van der Waals surface area contributed by atoms with Gasteiger partial charge in [-0.2, -0.15) is 0 Å². The minimum Gasteiger partial charge on any atom is -0.421 e. The minimum absolute atomic E-state index is 0.334. The smallest absolute Gasteiger partial charge is 0.337 e. The Morgan fingerprint density at radius 3 is 1.94 bits per heavy atom. The number of carbonyl (C=O) groups excluding carboxylic acids is 1. The van der Waals surface area contributed by atoms with Crippen molar-refractivity contribution in [2.75, 3.05) is 7.11 Å². The highest BCUT2D eigenvalue weighted by Crippen LogP contribution is 2.52. The first-order valence-corrected chi connectivity index (χ1v) is 12.2. The molecule has 0 saturated carbocycles. The Morgan fingerprint density at radius 1 is 0.765 bits per heavy atom. The molecule has 0 aromatic heterocycles. The number of benzene rings is 1. The average Bonchev–Trinajstić information content (AvgIpc) is 3.15. The van der Waals surface area contributed by atoms with Crippen LogP contribution in [-0.2, 0) is 20.1 Å². The molecule has 0 bridgehead atoms. The molecule has 34 heavy (non-hydrogen) atoms. The maximum atomic E-state index is 13.1. The van der Waals surface area contributed by atoms with Crippen molar-refractivity contribution in [2.24, 2.45) is 0 Å². The molecule has 3 heteroatoms. The zero-order valence-electron chi connectivity index (χ0n) is 21.9. The quantitative estimate of drug-likeness (QED) is 0.368. The molecule has 0 fully saturated rings. The zero-order valence-corrected chi connectivity index (χ0v) is 21.9. The molecule has 1 unspecified atom stereocenters. The first kappa shape index (κ1) is 24.2. The molecular formula is C31H36O3. The van der Waals surface area contributed by atoms with E-state index in [9.17, 15) is 4.79 Å². The Morgan fingerprint density at radius 2 is 1.35 bits per heavy atom. The fourth-order valence-corrected chi connectivity index (χ4v) is 5.18. The monoisotopic (exact) mass is 456 g/mol. The maximum Gasteiger partial charge on any atom is 0.337 e. The second kappa shape index (κ2) is 8.70.